The van der Waals surface area contributed by atoms with Crippen molar-refractivity contribution in [3.63, 3.8) is 0 Å². The van der Waals surface area contributed by atoms with Crippen LogP contribution in [0.5, 0.6) is 0 Å². The van der Waals surface area contributed by atoms with Crippen LogP contribution in [0.15, 0.2) is 76.6 Å². The smallest absolute Gasteiger partial charge is 0.331 e. The van der Waals surface area contributed by atoms with Crippen molar-refractivity contribution in [1.29, 1.82) is 0 Å². The van der Waals surface area contributed by atoms with Crippen LogP contribution in [0, 0.1) is 4.77 Å². The summed E-state index contributed by atoms with van der Waals surface area (Å²) in [6, 6.07) is 14.6. The molecule has 0 aliphatic carbocycles. The standard InChI is InChI=1S/C26H20F3N5O3S2/c1-25(2)22(36)33(16-7-9-17(10-8-16)39-26(27,28)29)24(37)32(25)14-15-11-12-30-20(13-15)34-21(35)18-5-3-4-6-19(18)31-23(34)38/h3-13H,14H2,1-2H3,(H,31,38). The molecule has 200 valence electrons. The molecule has 1 aliphatic heterocycles. The van der Waals surface area contributed by atoms with Crippen molar-refractivity contribution in [2.24, 2.45) is 0 Å². The highest BCUT2D eigenvalue weighted by molar-refractivity contribution is 8.00. The molecule has 3 amide bonds. The van der Waals surface area contributed by atoms with Gasteiger partial charge in [-0.05, 0) is 91.9 Å². The fourth-order valence-electron chi connectivity index (χ4n) is 4.36. The second-order valence-electron chi connectivity index (χ2n) is 9.25. The number of imide groups is 1. The largest absolute Gasteiger partial charge is 0.446 e. The van der Waals surface area contributed by atoms with Crippen LogP contribution < -0.4 is 10.5 Å². The summed E-state index contributed by atoms with van der Waals surface area (Å²) in [6.07, 6.45) is 1.48. The molecule has 8 nitrogen and oxygen atoms in total. The van der Waals surface area contributed by atoms with E-state index < -0.39 is 23.0 Å². The fourth-order valence-corrected chi connectivity index (χ4v) is 5.19. The highest BCUT2D eigenvalue weighted by atomic mass is 32.2. The average Bonchev–Trinajstić information content (AvgIpc) is 3.03. The van der Waals surface area contributed by atoms with Crippen molar-refractivity contribution < 1.29 is 22.8 Å². The number of nitrogens with zero attached hydrogens (tertiary/aromatic N) is 4. The number of hydrogen-bond acceptors (Lipinski definition) is 6. The first-order chi connectivity index (χ1) is 18.4. The molecule has 4 aromatic rings. The van der Waals surface area contributed by atoms with Gasteiger partial charge in [-0.15, -0.1) is 0 Å². The van der Waals surface area contributed by atoms with Gasteiger partial charge < -0.3 is 9.88 Å². The normalized spacial score (nSPS) is 15.4. The van der Waals surface area contributed by atoms with Crippen molar-refractivity contribution in [1.82, 2.24) is 19.4 Å². The number of carbonyl (C=O) groups excluding carboxylic acids is 2. The first-order valence-corrected chi connectivity index (χ1v) is 12.8. The van der Waals surface area contributed by atoms with E-state index in [9.17, 15) is 27.6 Å². The number of thioether (sulfide) groups is 1. The van der Waals surface area contributed by atoms with Gasteiger partial charge in [-0.3, -0.25) is 9.59 Å². The topological polar surface area (TPSA) is 91.3 Å². The number of anilines is 1. The molecule has 0 radical (unpaired) electrons. The van der Waals surface area contributed by atoms with E-state index in [1.54, 1.807) is 50.2 Å². The summed E-state index contributed by atoms with van der Waals surface area (Å²) in [5.74, 6) is -0.277. The number of H-pyrrole nitrogens is 1. The van der Waals surface area contributed by atoms with Crippen molar-refractivity contribution in [2.45, 2.75) is 36.3 Å². The lowest BCUT2D eigenvalue weighted by Crippen LogP contribution is -2.43. The summed E-state index contributed by atoms with van der Waals surface area (Å²) in [4.78, 5) is 49.4. The van der Waals surface area contributed by atoms with Gasteiger partial charge in [-0.25, -0.2) is 19.2 Å². The number of aromatic nitrogens is 3. The second kappa shape index (κ2) is 9.65. The Labute approximate surface area is 229 Å². The summed E-state index contributed by atoms with van der Waals surface area (Å²) >= 11 is 5.12. The predicted molar refractivity (Wildman–Crippen MR) is 143 cm³/mol. The second-order valence-corrected chi connectivity index (χ2v) is 10.8. The number of urea groups is 1. The minimum Gasteiger partial charge on any atom is -0.331 e. The lowest BCUT2D eigenvalue weighted by Gasteiger charge is -2.27. The minimum absolute atomic E-state index is 0.00438. The zero-order chi connectivity index (χ0) is 28.1. The molecular formula is C26H20F3N5O3S2. The van der Waals surface area contributed by atoms with Crippen molar-refractivity contribution in [3.05, 3.63) is 87.5 Å². The number of alkyl halides is 3. The zero-order valence-corrected chi connectivity index (χ0v) is 22.2. The molecule has 1 N–H and O–H groups in total. The van der Waals surface area contributed by atoms with Gasteiger partial charge in [0.1, 0.15) is 11.4 Å². The number of aromatic amines is 1. The van der Waals surface area contributed by atoms with E-state index in [0.717, 1.165) is 4.90 Å². The van der Waals surface area contributed by atoms with Gasteiger partial charge in [0.2, 0.25) is 0 Å². The van der Waals surface area contributed by atoms with Crippen LogP contribution in [0.1, 0.15) is 19.4 Å². The Morgan fingerprint density at radius 3 is 2.41 bits per heavy atom. The molecule has 2 aromatic carbocycles. The maximum atomic E-state index is 13.4. The Hall–Kier alpha value is -3.97. The number of nitrogens with one attached hydrogen (secondary N) is 1. The van der Waals surface area contributed by atoms with E-state index in [0.29, 0.717) is 16.5 Å². The van der Waals surface area contributed by atoms with E-state index in [1.165, 1.54) is 39.9 Å². The Kier molecular flexibility index (Phi) is 6.59. The summed E-state index contributed by atoms with van der Waals surface area (Å²) < 4.78 is 39.5. The number of fused-ring (bicyclic) bond motifs is 1. The van der Waals surface area contributed by atoms with Gasteiger partial charge in [0.15, 0.2) is 4.77 Å². The van der Waals surface area contributed by atoms with E-state index >= 15 is 0 Å². The first kappa shape index (κ1) is 26.6. The summed E-state index contributed by atoms with van der Waals surface area (Å²) in [5, 5.41) is 0.426. The predicted octanol–water partition coefficient (Wildman–Crippen LogP) is 5.80. The van der Waals surface area contributed by atoms with Crippen LogP contribution >= 0.6 is 24.0 Å². The first-order valence-electron chi connectivity index (χ1n) is 11.6. The van der Waals surface area contributed by atoms with Gasteiger partial charge in [0.05, 0.1) is 16.6 Å². The summed E-state index contributed by atoms with van der Waals surface area (Å²) in [6.45, 7) is 3.19. The van der Waals surface area contributed by atoms with Crippen LogP contribution in [0.2, 0.25) is 0 Å². The van der Waals surface area contributed by atoms with Gasteiger partial charge in [0.25, 0.3) is 11.5 Å². The van der Waals surface area contributed by atoms with Gasteiger partial charge in [-0.2, -0.15) is 13.2 Å². The molecule has 0 unspecified atom stereocenters. The number of pyridine rings is 1. The Balaban J connectivity index is 1.45. The highest BCUT2D eigenvalue weighted by Gasteiger charge is 2.51. The number of rotatable bonds is 5. The van der Waals surface area contributed by atoms with E-state index in [-0.39, 0.29) is 45.0 Å². The van der Waals surface area contributed by atoms with Crippen molar-refractivity contribution >= 4 is 52.5 Å². The maximum absolute atomic E-state index is 13.4. The third-order valence-electron chi connectivity index (χ3n) is 6.34. The molecule has 0 atom stereocenters. The maximum Gasteiger partial charge on any atom is 0.446 e. The van der Waals surface area contributed by atoms with Crippen LogP contribution in [-0.2, 0) is 11.3 Å². The monoisotopic (exact) mass is 571 g/mol. The van der Waals surface area contributed by atoms with Gasteiger partial charge >= 0.3 is 11.5 Å². The molecule has 1 saturated heterocycles. The Morgan fingerprint density at radius 1 is 1.03 bits per heavy atom. The number of halogens is 3. The minimum atomic E-state index is -4.45. The number of carbonyl (C=O) groups is 2. The average molecular weight is 572 g/mol. The molecule has 5 rings (SSSR count). The van der Waals surface area contributed by atoms with Crippen molar-refractivity contribution in [3.8, 4) is 5.82 Å². The third-order valence-corrected chi connectivity index (χ3v) is 7.36. The molecule has 3 heterocycles. The highest BCUT2D eigenvalue weighted by Crippen LogP contribution is 2.39. The number of amides is 3. The lowest BCUT2D eigenvalue weighted by atomic mass is 10.0. The zero-order valence-electron chi connectivity index (χ0n) is 20.5. The van der Waals surface area contributed by atoms with Crippen LogP contribution in [0.25, 0.3) is 16.7 Å². The molecule has 2 aromatic heterocycles. The molecule has 1 fully saturated rings. The van der Waals surface area contributed by atoms with Crippen LogP contribution in [0.3, 0.4) is 0 Å². The SMILES string of the molecule is CC1(C)C(=O)N(c2ccc(SC(F)(F)F)cc2)C(=O)N1Cc1ccnc(-n2c(=S)[nH]c3ccccc3c2=O)c1. The molecular weight excluding hydrogens is 551 g/mol. The molecule has 1 aliphatic rings. The van der Waals surface area contributed by atoms with Gasteiger partial charge in [0, 0.05) is 17.6 Å². The fraction of sp³-hybridized carbons (Fsp3) is 0.192. The molecule has 0 saturated carbocycles. The molecule has 39 heavy (non-hydrogen) atoms. The summed E-state index contributed by atoms with van der Waals surface area (Å²) in [5.41, 5.74) is -4.72. The van der Waals surface area contributed by atoms with E-state index in [1.807, 2.05) is 0 Å². The number of benzene rings is 2. The lowest BCUT2D eigenvalue weighted by molar-refractivity contribution is -0.123. The Morgan fingerprint density at radius 2 is 1.72 bits per heavy atom. The number of para-hydroxylation sites is 1. The van der Waals surface area contributed by atoms with E-state index in [4.69, 9.17) is 12.2 Å². The third kappa shape index (κ3) is 4.94. The van der Waals surface area contributed by atoms with Gasteiger partial charge in [-0.1, -0.05) is 12.1 Å². The summed E-state index contributed by atoms with van der Waals surface area (Å²) in [7, 11) is 0. The number of hydrogen-bond donors (Lipinski definition) is 1. The van der Waals surface area contributed by atoms with E-state index in [2.05, 4.69) is 9.97 Å². The Bertz CT molecular complexity index is 1730. The molecule has 0 spiro atoms. The molecule has 13 heteroatoms. The quantitative estimate of drug-likeness (QED) is 0.185. The van der Waals surface area contributed by atoms with Crippen LogP contribution in [0.4, 0.5) is 23.7 Å². The van der Waals surface area contributed by atoms with Crippen molar-refractivity contribution in [2.75, 3.05) is 4.90 Å². The van der Waals surface area contributed by atoms with Crippen LogP contribution in [-0.4, -0.2) is 42.4 Å². The molecule has 0 bridgehead atoms.